The molecule has 1 aromatic carbocycles. The number of nitrogens with zero attached hydrogens (tertiary/aromatic N) is 2. The van der Waals surface area contributed by atoms with E-state index >= 15 is 0 Å². The summed E-state index contributed by atoms with van der Waals surface area (Å²) in [7, 11) is 0. The van der Waals surface area contributed by atoms with Crippen LogP contribution in [0.2, 0.25) is 0 Å². The monoisotopic (exact) mass is 330 g/mol. The van der Waals surface area contributed by atoms with E-state index in [-0.39, 0.29) is 11.8 Å². The predicted molar refractivity (Wildman–Crippen MR) is 91.6 cm³/mol. The Morgan fingerprint density at radius 3 is 2.79 bits per heavy atom. The van der Waals surface area contributed by atoms with Crippen LogP contribution in [-0.2, 0) is 4.79 Å². The second-order valence-corrected chi connectivity index (χ2v) is 7.09. The summed E-state index contributed by atoms with van der Waals surface area (Å²) in [5, 5.41) is 0. The zero-order chi connectivity index (χ0) is 16.5. The first-order valence-electron chi connectivity index (χ1n) is 9.15. The number of hydrogen-bond acceptors (Lipinski definition) is 4. The molecule has 4 rings (SSSR count). The molecule has 0 saturated carbocycles. The van der Waals surface area contributed by atoms with Crippen LogP contribution in [0.15, 0.2) is 18.2 Å². The van der Waals surface area contributed by atoms with Gasteiger partial charge in [0.25, 0.3) is 0 Å². The quantitative estimate of drug-likeness (QED) is 0.834. The van der Waals surface area contributed by atoms with E-state index in [1.165, 1.54) is 19.4 Å². The van der Waals surface area contributed by atoms with Crippen molar-refractivity contribution in [2.75, 3.05) is 39.4 Å². The zero-order valence-corrected chi connectivity index (χ0v) is 14.4. The highest BCUT2D eigenvalue weighted by Crippen LogP contribution is 2.34. The lowest BCUT2D eigenvalue weighted by atomic mass is 9.98. The fourth-order valence-corrected chi connectivity index (χ4v) is 4.15. The Bertz CT molecular complexity index is 619. The van der Waals surface area contributed by atoms with Crippen molar-refractivity contribution in [3.8, 4) is 11.5 Å². The molecule has 0 bridgehead atoms. The maximum Gasteiger partial charge on any atom is 0.229 e. The highest BCUT2D eigenvalue weighted by atomic mass is 16.6. The van der Waals surface area contributed by atoms with Crippen molar-refractivity contribution in [1.29, 1.82) is 0 Å². The fourth-order valence-electron chi connectivity index (χ4n) is 4.15. The third kappa shape index (κ3) is 2.97. The van der Waals surface area contributed by atoms with E-state index in [1.54, 1.807) is 0 Å². The number of carbonyl (C=O) groups is 1. The number of fused-ring (bicyclic) bond motifs is 2. The molecule has 5 nitrogen and oxygen atoms in total. The van der Waals surface area contributed by atoms with Gasteiger partial charge in [0, 0.05) is 25.7 Å². The van der Waals surface area contributed by atoms with Gasteiger partial charge >= 0.3 is 0 Å². The van der Waals surface area contributed by atoms with Gasteiger partial charge in [0.1, 0.15) is 13.2 Å². The zero-order valence-electron chi connectivity index (χ0n) is 14.4. The van der Waals surface area contributed by atoms with Gasteiger partial charge in [-0.25, -0.2) is 0 Å². The molecule has 3 heterocycles. The Balaban J connectivity index is 1.49. The summed E-state index contributed by atoms with van der Waals surface area (Å²) in [4.78, 5) is 17.7. The number of ether oxygens (including phenoxy) is 2. The van der Waals surface area contributed by atoms with Crippen molar-refractivity contribution in [1.82, 2.24) is 9.80 Å². The maximum atomic E-state index is 13.0. The van der Waals surface area contributed by atoms with Gasteiger partial charge in [0.05, 0.1) is 5.92 Å². The first-order chi connectivity index (χ1) is 11.7. The SMILES string of the molecule is C[C@H](C(=O)N1CCCN2CCC[C@@H]2C1)c1ccc2c(c1)OCCO2. The molecular weight excluding hydrogens is 304 g/mol. The van der Waals surface area contributed by atoms with Gasteiger partial charge in [0.2, 0.25) is 5.91 Å². The number of hydrogen-bond donors (Lipinski definition) is 0. The summed E-state index contributed by atoms with van der Waals surface area (Å²) < 4.78 is 11.2. The molecule has 0 spiro atoms. The van der Waals surface area contributed by atoms with Crippen LogP contribution in [-0.4, -0.2) is 61.1 Å². The first-order valence-corrected chi connectivity index (χ1v) is 9.15. The van der Waals surface area contributed by atoms with Crippen molar-refractivity contribution in [3.05, 3.63) is 23.8 Å². The predicted octanol–water partition coefficient (Wildman–Crippen LogP) is 2.26. The van der Waals surface area contributed by atoms with Gasteiger partial charge in [-0.15, -0.1) is 0 Å². The summed E-state index contributed by atoms with van der Waals surface area (Å²) in [5.74, 6) is 1.63. The fraction of sp³-hybridized carbons (Fsp3) is 0.632. The van der Waals surface area contributed by atoms with Gasteiger partial charge < -0.3 is 14.4 Å². The van der Waals surface area contributed by atoms with Crippen molar-refractivity contribution in [2.24, 2.45) is 0 Å². The molecule has 2 fully saturated rings. The lowest BCUT2D eigenvalue weighted by molar-refractivity contribution is -0.132. The van der Waals surface area contributed by atoms with Crippen LogP contribution >= 0.6 is 0 Å². The van der Waals surface area contributed by atoms with Gasteiger partial charge in [-0.05, 0) is 50.4 Å². The van der Waals surface area contributed by atoms with Gasteiger partial charge in [-0.3, -0.25) is 9.69 Å². The molecule has 2 saturated heterocycles. The number of rotatable bonds is 2. The maximum absolute atomic E-state index is 13.0. The summed E-state index contributed by atoms with van der Waals surface area (Å²) in [5.41, 5.74) is 1.01. The smallest absolute Gasteiger partial charge is 0.229 e. The molecule has 0 N–H and O–H groups in total. The summed E-state index contributed by atoms with van der Waals surface area (Å²) in [6.07, 6.45) is 3.57. The van der Waals surface area contributed by atoms with Crippen molar-refractivity contribution < 1.29 is 14.3 Å². The van der Waals surface area contributed by atoms with Crippen LogP contribution in [0.25, 0.3) is 0 Å². The Morgan fingerprint density at radius 2 is 1.92 bits per heavy atom. The van der Waals surface area contributed by atoms with E-state index in [0.29, 0.717) is 19.3 Å². The second-order valence-electron chi connectivity index (χ2n) is 7.09. The topological polar surface area (TPSA) is 42.0 Å². The molecule has 2 atom stereocenters. The van der Waals surface area contributed by atoms with Crippen LogP contribution in [0.4, 0.5) is 0 Å². The lowest BCUT2D eigenvalue weighted by Crippen LogP contribution is -2.41. The third-order valence-electron chi connectivity index (χ3n) is 5.55. The van der Waals surface area contributed by atoms with Crippen LogP contribution < -0.4 is 9.47 Å². The average Bonchev–Trinajstić information content (AvgIpc) is 2.96. The Hall–Kier alpha value is -1.75. The minimum absolute atomic E-state index is 0.145. The largest absolute Gasteiger partial charge is 0.486 e. The molecule has 3 aliphatic heterocycles. The van der Waals surface area contributed by atoms with E-state index < -0.39 is 0 Å². The van der Waals surface area contributed by atoms with Gasteiger partial charge in [-0.1, -0.05) is 6.07 Å². The molecule has 0 aliphatic carbocycles. The molecule has 3 aliphatic rings. The summed E-state index contributed by atoms with van der Waals surface area (Å²) in [6, 6.07) is 6.45. The average molecular weight is 330 g/mol. The molecule has 24 heavy (non-hydrogen) atoms. The molecule has 0 unspecified atom stereocenters. The summed E-state index contributed by atoms with van der Waals surface area (Å²) >= 11 is 0. The van der Waals surface area contributed by atoms with Crippen LogP contribution in [0.1, 0.15) is 37.7 Å². The van der Waals surface area contributed by atoms with Crippen molar-refractivity contribution >= 4 is 5.91 Å². The summed E-state index contributed by atoms with van der Waals surface area (Å²) in [6.45, 7) is 7.26. The normalized spacial score (nSPS) is 25.0. The molecule has 0 aromatic heterocycles. The molecule has 130 valence electrons. The van der Waals surface area contributed by atoms with E-state index in [0.717, 1.165) is 43.1 Å². The van der Waals surface area contributed by atoms with Crippen LogP contribution in [0.3, 0.4) is 0 Å². The number of benzene rings is 1. The highest BCUT2D eigenvalue weighted by Gasteiger charge is 2.32. The van der Waals surface area contributed by atoms with Gasteiger partial charge in [0.15, 0.2) is 11.5 Å². The molecule has 0 radical (unpaired) electrons. The Kier molecular flexibility index (Phi) is 4.35. The first kappa shape index (κ1) is 15.8. The highest BCUT2D eigenvalue weighted by molar-refractivity contribution is 5.83. The van der Waals surface area contributed by atoms with Crippen LogP contribution in [0, 0.1) is 0 Å². The molecular formula is C19H26N2O3. The molecule has 1 aromatic rings. The Labute approximate surface area is 143 Å². The van der Waals surface area contributed by atoms with Crippen LogP contribution in [0.5, 0.6) is 11.5 Å². The van der Waals surface area contributed by atoms with Gasteiger partial charge in [-0.2, -0.15) is 0 Å². The van der Waals surface area contributed by atoms with E-state index in [9.17, 15) is 4.79 Å². The van der Waals surface area contributed by atoms with E-state index in [2.05, 4.69) is 9.80 Å². The third-order valence-corrected chi connectivity index (χ3v) is 5.55. The van der Waals surface area contributed by atoms with Crippen molar-refractivity contribution in [3.63, 3.8) is 0 Å². The standard InChI is InChI=1S/C19H26N2O3/c1-14(15-5-6-17-18(12-15)24-11-10-23-17)19(22)21-9-3-8-20-7-2-4-16(20)13-21/h5-6,12,14,16H,2-4,7-11,13H2,1H3/t14-,16+/m0/s1. The second kappa shape index (κ2) is 6.63. The van der Waals surface area contributed by atoms with E-state index in [1.807, 2.05) is 25.1 Å². The Morgan fingerprint density at radius 1 is 1.12 bits per heavy atom. The minimum Gasteiger partial charge on any atom is -0.486 e. The van der Waals surface area contributed by atoms with Crippen molar-refractivity contribution in [2.45, 2.75) is 38.1 Å². The molecule has 1 amide bonds. The lowest BCUT2D eigenvalue weighted by Gasteiger charge is -2.28. The van der Waals surface area contributed by atoms with E-state index in [4.69, 9.17) is 9.47 Å². The molecule has 5 heteroatoms. The number of carbonyl (C=O) groups excluding carboxylic acids is 1. The minimum atomic E-state index is -0.145. The number of amides is 1.